The Balaban J connectivity index is 0.000000141. The number of para-hydroxylation sites is 2. The van der Waals surface area contributed by atoms with Crippen molar-refractivity contribution in [2.45, 2.75) is 0 Å². The van der Waals surface area contributed by atoms with Crippen molar-refractivity contribution in [1.82, 2.24) is 49.8 Å². The fourth-order valence-corrected chi connectivity index (χ4v) is 16.0. The zero-order valence-corrected chi connectivity index (χ0v) is 60.3. The molecule has 0 aliphatic rings. The van der Waals surface area contributed by atoms with E-state index in [0.717, 1.165) is 170 Å². The zero-order valence-electron chi connectivity index (χ0n) is 60.3. The van der Waals surface area contributed by atoms with Gasteiger partial charge in [0.25, 0.3) is 0 Å². The second-order valence-electron chi connectivity index (χ2n) is 28.1. The lowest BCUT2D eigenvalue weighted by atomic mass is 9.89. The van der Waals surface area contributed by atoms with Crippen LogP contribution in [0.1, 0.15) is 0 Å². The molecule has 0 atom stereocenters. The molecular weight excluding hydrogens is 1370 g/mol. The fourth-order valence-electron chi connectivity index (χ4n) is 16.0. The Morgan fingerprint density at radius 1 is 0.134 bits per heavy atom. The molecule has 22 rings (SSSR count). The maximum Gasteiger partial charge on any atom is 0.165 e. The maximum absolute atomic E-state index is 5.52. The Hall–Kier alpha value is -15.3. The minimum absolute atomic E-state index is 0.624. The number of aromatic nitrogens is 10. The topological polar surface area (TPSA) is 129 Å². The van der Waals surface area contributed by atoms with Gasteiger partial charge in [0, 0.05) is 88.0 Å². The molecular formula is C102H62N10. The highest BCUT2D eigenvalue weighted by atomic mass is 15.0. The van der Waals surface area contributed by atoms with Crippen molar-refractivity contribution in [3.63, 3.8) is 0 Å². The Kier molecular flexibility index (Phi) is 16.0. The smallest absolute Gasteiger partial charge is 0.165 e. The van der Waals surface area contributed by atoms with Gasteiger partial charge in [-0.15, -0.1) is 0 Å². The number of benzene rings is 16. The fraction of sp³-hybridized carbons (Fsp3) is 0. The van der Waals surface area contributed by atoms with E-state index in [4.69, 9.17) is 49.8 Å². The monoisotopic (exact) mass is 1430 g/mol. The minimum atomic E-state index is 0.624. The summed E-state index contributed by atoms with van der Waals surface area (Å²) in [6, 6.07) is 130. The van der Waals surface area contributed by atoms with E-state index in [1.807, 2.05) is 121 Å². The van der Waals surface area contributed by atoms with Crippen LogP contribution >= 0.6 is 0 Å². The van der Waals surface area contributed by atoms with Gasteiger partial charge in [0.1, 0.15) is 0 Å². The predicted octanol–water partition coefficient (Wildman–Crippen LogP) is 25.5. The van der Waals surface area contributed by atoms with Crippen LogP contribution in [0.3, 0.4) is 0 Å². The molecule has 0 fully saturated rings. The number of fused-ring (bicyclic) bond motifs is 12. The van der Waals surface area contributed by atoms with Crippen LogP contribution in [0.4, 0.5) is 0 Å². The number of pyridine rings is 4. The first kappa shape index (κ1) is 65.1. The Morgan fingerprint density at radius 3 is 0.857 bits per heavy atom. The molecule has 0 N–H and O–H groups in total. The Bertz CT molecular complexity index is 7310. The summed E-state index contributed by atoms with van der Waals surface area (Å²) >= 11 is 0. The summed E-state index contributed by atoms with van der Waals surface area (Å²) < 4.78 is 0. The molecule has 6 aromatic heterocycles. The lowest BCUT2D eigenvalue weighted by molar-refractivity contribution is 1.07. The number of rotatable bonds is 10. The third kappa shape index (κ3) is 11.7. The van der Waals surface area contributed by atoms with E-state index < -0.39 is 0 Å². The van der Waals surface area contributed by atoms with Crippen molar-refractivity contribution >= 4 is 109 Å². The van der Waals surface area contributed by atoms with Gasteiger partial charge in [-0.1, -0.05) is 328 Å². The standard InChI is InChI=1S/2C51H31N5/c1-4-16-32(17-5-1)44-40-26-14-15-27-42(40)52-48-41(44)30-28-33-29-31-43(53-47(33)48)45-36-22-10-12-24-38(36)46(39-25-13-11-23-37(39)45)51-55-49(34-18-6-2-7-19-34)54-50(56-51)35-20-8-3-9-21-35;1-4-12-32(13-5-1)46-42-18-10-11-19-45(42)53-48-43(46)26-24-33-25-27-44(52-47(33)48)38-22-20-36-29-41-31-39(23-21-37(41)28-40(36)30-38)51-55-49(34-14-6-2-7-15-34)54-50(56-51)35-16-8-3-9-17-35/h2*1-31H. The number of hydrogen-bond donors (Lipinski definition) is 0. The van der Waals surface area contributed by atoms with E-state index >= 15 is 0 Å². The first-order chi connectivity index (χ1) is 55.5. The van der Waals surface area contributed by atoms with Crippen LogP contribution in [0.2, 0.25) is 0 Å². The highest BCUT2D eigenvalue weighted by molar-refractivity contribution is 6.22. The first-order valence-electron chi connectivity index (χ1n) is 37.5. The average Bonchev–Trinajstić information content (AvgIpc) is 0.729. The van der Waals surface area contributed by atoms with Crippen LogP contribution in [0, 0.1) is 0 Å². The predicted molar refractivity (Wildman–Crippen MR) is 460 cm³/mol. The van der Waals surface area contributed by atoms with Crippen molar-refractivity contribution in [3.05, 3.63) is 376 Å². The van der Waals surface area contributed by atoms with Gasteiger partial charge >= 0.3 is 0 Å². The summed E-state index contributed by atoms with van der Waals surface area (Å²) in [5.74, 6) is 3.82. The molecule has 0 amide bonds. The van der Waals surface area contributed by atoms with Crippen LogP contribution in [0.15, 0.2) is 376 Å². The SMILES string of the molecule is c1ccc(-c2nc(-c3ccccc3)nc(-c3c4ccccc4c(-c4ccc5ccc6c(-c7ccccc7)c7ccccc7nc6c5n4)c4ccccc34)n2)cc1.c1ccc(-c2nc(-c3ccccc3)nc(-c3ccc4cc5cc(-c6ccc7ccc8c(-c9ccccc9)c9ccccc9nc8c7n6)ccc5cc4c3)n2)cc1. The Morgan fingerprint density at radius 2 is 0.438 bits per heavy atom. The molecule has 0 saturated heterocycles. The second kappa shape index (κ2) is 27.5. The molecule has 0 aliphatic carbocycles. The molecule has 10 nitrogen and oxygen atoms in total. The maximum atomic E-state index is 5.52. The van der Waals surface area contributed by atoms with Crippen LogP contribution in [-0.2, 0) is 0 Å². The molecule has 0 spiro atoms. The average molecular weight is 1430 g/mol. The lowest BCUT2D eigenvalue weighted by Crippen LogP contribution is -2.01. The molecule has 0 radical (unpaired) electrons. The van der Waals surface area contributed by atoms with Gasteiger partial charge < -0.3 is 0 Å². The van der Waals surface area contributed by atoms with Crippen LogP contribution in [-0.4, -0.2) is 49.8 Å². The van der Waals surface area contributed by atoms with Gasteiger partial charge in [-0.3, -0.25) is 0 Å². The quantitative estimate of drug-likeness (QED) is 0.0964. The summed E-state index contributed by atoms with van der Waals surface area (Å²) in [6.07, 6.45) is 0. The number of hydrogen-bond acceptors (Lipinski definition) is 10. The van der Waals surface area contributed by atoms with Gasteiger partial charge in [-0.25, -0.2) is 49.8 Å². The van der Waals surface area contributed by atoms with E-state index in [2.05, 4.69) is 255 Å². The number of nitrogens with zero attached hydrogens (tertiary/aromatic N) is 10. The highest BCUT2D eigenvalue weighted by Gasteiger charge is 2.24. The van der Waals surface area contributed by atoms with Crippen molar-refractivity contribution in [3.8, 4) is 113 Å². The third-order valence-electron chi connectivity index (χ3n) is 21.3. The lowest BCUT2D eigenvalue weighted by Gasteiger charge is -2.18. The molecule has 0 unspecified atom stereocenters. The van der Waals surface area contributed by atoms with E-state index in [1.54, 1.807) is 0 Å². The van der Waals surface area contributed by atoms with Gasteiger partial charge in [-0.2, -0.15) is 0 Å². The second-order valence-corrected chi connectivity index (χ2v) is 28.1. The van der Waals surface area contributed by atoms with E-state index in [9.17, 15) is 0 Å². The molecule has 16 aromatic carbocycles. The van der Waals surface area contributed by atoms with Gasteiger partial charge in [0.05, 0.1) is 44.5 Å². The summed E-state index contributed by atoms with van der Waals surface area (Å²) in [4.78, 5) is 51.5. The summed E-state index contributed by atoms with van der Waals surface area (Å²) in [7, 11) is 0. The first-order valence-corrected chi connectivity index (χ1v) is 37.5. The molecule has 520 valence electrons. The van der Waals surface area contributed by atoms with Crippen LogP contribution in [0.25, 0.3) is 222 Å². The van der Waals surface area contributed by atoms with Crippen LogP contribution < -0.4 is 0 Å². The molecule has 22 aromatic rings. The van der Waals surface area contributed by atoms with E-state index in [1.165, 1.54) is 16.7 Å². The largest absolute Gasteiger partial charge is 0.245 e. The summed E-state index contributed by atoms with van der Waals surface area (Å²) in [5.41, 5.74) is 19.7. The summed E-state index contributed by atoms with van der Waals surface area (Å²) in [6.45, 7) is 0. The third-order valence-corrected chi connectivity index (χ3v) is 21.3. The molecule has 0 saturated carbocycles. The molecule has 10 heteroatoms. The molecule has 6 heterocycles. The van der Waals surface area contributed by atoms with Crippen molar-refractivity contribution in [1.29, 1.82) is 0 Å². The summed E-state index contributed by atoms with van der Waals surface area (Å²) in [5, 5.41) is 15.3. The van der Waals surface area contributed by atoms with Gasteiger partial charge in [0.2, 0.25) is 0 Å². The van der Waals surface area contributed by atoms with Crippen molar-refractivity contribution < 1.29 is 0 Å². The highest BCUT2D eigenvalue weighted by Crippen LogP contribution is 2.46. The zero-order chi connectivity index (χ0) is 74.0. The van der Waals surface area contributed by atoms with E-state index in [-0.39, 0.29) is 0 Å². The minimum Gasteiger partial charge on any atom is -0.245 e. The van der Waals surface area contributed by atoms with Crippen LogP contribution in [0.5, 0.6) is 0 Å². The van der Waals surface area contributed by atoms with Gasteiger partial charge in [-0.05, 0) is 103 Å². The van der Waals surface area contributed by atoms with Gasteiger partial charge in [0.15, 0.2) is 34.9 Å². The van der Waals surface area contributed by atoms with Crippen molar-refractivity contribution in [2.75, 3.05) is 0 Å². The van der Waals surface area contributed by atoms with E-state index in [0.29, 0.717) is 34.9 Å². The Labute approximate surface area is 643 Å². The normalized spacial score (nSPS) is 11.6. The molecule has 0 bridgehead atoms. The van der Waals surface area contributed by atoms with Crippen molar-refractivity contribution in [2.24, 2.45) is 0 Å². The molecule has 112 heavy (non-hydrogen) atoms. The molecule has 0 aliphatic heterocycles.